The summed E-state index contributed by atoms with van der Waals surface area (Å²) in [5.41, 5.74) is 0.876. The maximum absolute atomic E-state index is 12.3. The van der Waals surface area contributed by atoms with Crippen molar-refractivity contribution in [2.45, 2.75) is 33.7 Å². The number of ether oxygens (including phenoxy) is 1. The molecule has 0 saturated heterocycles. The number of hydrogen-bond acceptors (Lipinski definition) is 4. The largest absolute Gasteiger partial charge is 0.383 e. The van der Waals surface area contributed by atoms with Crippen molar-refractivity contribution in [3.05, 3.63) is 21.4 Å². The highest BCUT2D eigenvalue weighted by molar-refractivity contribution is 7.12. The van der Waals surface area contributed by atoms with E-state index in [0.717, 1.165) is 17.0 Å². The maximum Gasteiger partial charge on any atom is 0.177 e. The molecular weight excluding hydrogens is 246 g/mol. The molecular formula is C14H23NO2S. The van der Waals surface area contributed by atoms with E-state index >= 15 is 0 Å². The van der Waals surface area contributed by atoms with Crippen LogP contribution in [0.2, 0.25) is 0 Å². The van der Waals surface area contributed by atoms with Crippen LogP contribution < -0.4 is 0 Å². The molecule has 1 atom stereocenters. The molecule has 1 heterocycles. The molecule has 0 radical (unpaired) electrons. The Bertz CT molecular complexity index is 400. The molecule has 1 aromatic heterocycles. The van der Waals surface area contributed by atoms with Crippen molar-refractivity contribution in [3.8, 4) is 0 Å². The van der Waals surface area contributed by atoms with Gasteiger partial charge in [-0.15, -0.1) is 11.3 Å². The van der Waals surface area contributed by atoms with Gasteiger partial charge in [-0.05, 0) is 33.4 Å². The minimum atomic E-state index is 0.210. The predicted molar refractivity (Wildman–Crippen MR) is 76.7 cm³/mol. The van der Waals surface area contributed by atoms with Crippen LogP contribution in [0.5, 0.6) is 0 Å². The van der Waals surface area contributed by atoms with E-state index in [0.29, 0.717) is 13.2 Å². The third kappa shape index (κ3) is 3.90. The van der Waals surface area contributed by atoms with Crippen molar-refractivity contribution in [1.82, 2.24) is 4.90 Å². The van der Waals surface area contributed by atoms with Gasteiger partial charge in [-0.1, -0.05) is 6.92 Å². The fraction of sp³-hybridized carbons (Fsp3) is 0.643. The molecule has 102 valence electrons. The van der Waals surface area contributed by atoms with Gasteiger partial charge < -0.3 is 4.74 Å². The summed E-state index contributed by atoms with van der Waals surface area (Å²) in [6.45, 7) is 10.2. The molecule has 0 N–H and O–H groups in total. The molecule has 3 nitrogen and oxygen atoms in total. The van der Waals surface area contributed by atoms with Crippen LogP contribution in [0.25, 0.3) is 0 Å². The average Bonchev–Trinajstić information content (AvgIpc) is 2.65. The fourth-order valence-electron chi connectivity index (χ4n) is 2.10. The maximum atomic E-state index is 12.3. The van der Waals surface area contributed by atoms with Crippen molar-refractivity contribution in [2.24, 2.45) is 0 Å². The molecule has 0 aliphatic carbocycles. The Morgan fingerprint density at radius 3 is 2.61 bits per heavy atom. The van der Waals surface area contributed by atoms with E-state index < -0.39 is 0 Å². The average molecular weight is 269 g/mol. The quantitative estimate of drug-likeness (QED) is 0.713. The van der Waals surface area contributed by atoms with Crippen molar-refractivity contribution in [3.63, 3.8) is 0 Å². The summed E-state index contributed by atoms with van der Waals surface area (Å²) in [6.07, 6.45) is 0. The molecule has 0 aromatic carbocycles. The van der Waals surface area contributed by atoms with Gasteiger partial charge in [0.2, 0.25) is 0 Å². The summed E-state index contributed by atoms with van der Waals surface area (Å²) >= 11 is 1.69. The van der Waals surface area contributed by atoms with Crippen LogP contribution in [0.15, 0.2) is 6.07 Å². The standard InChI is InChI=1S/C14H23NO2S/c1-6-15(10(2)9-17-5)8-14(16)13-7-11(3)18-12(13)4/h7,10H,6,8-9H2,1-5H3. The second-order valence-corrected chi connectivity index (χ2v) is 6.08. The van der Waals surface area contributed by atoms with Gasteiger partial charge in [-0.25, -0.2) is 0 Å². The minimum absolute atomic E-state index is 0.210. The Hall–Kier alpha value is -0.710. The first-order chi connectivity index (χ1) is 8.49. The molecule has 1 unspecified atom stereocenters. The topological polar surface area (TPSA) is 29.5 Å². The summed E-state index contributed by atoms with van der Waals surface area (Å²) in [5, 5.41) is 0. The van der Waals surface area contributed by atoms with E-state index in [1.54, 1.807) is 18.4 Å². The van der Waals surface area contributed by atoms with E-state index in [9.17, 15) is 4.79 Å². The predicted octanol–water partition coefficient (Wildman–Crippen LogP) is 2.90. The minimum Gasteiger partial charge on any atom is -0.383 e. The number of hydrogen-bond donors (Lipinski definition) is 0. The Labute approximate surface area is 114 Å². The number of carbonyl (C=O) groups is 1. The highest BCUT2D eigenvalue weighted by Crippen LogP contribution is 2.21. The van der Waals surface area contributed by atoms with E-state index in [4.69, 9.17) is 4.74 Å². The van der Waals surface area contributed by atoms with Crippen LogP contribution >= 0.6 is 11.3 Å². The van der Waals surface area contributed by atoms with Crippen molar-refractivity contribution < 1.29 is 9.53 Å². The molecule has 18 heavy (non-hydrogen) atoms. The molecule has 0 saturated carbocycles. The molecule has 0 fully saturated rings. The lowest BCUT2D eigenvalue weighted by Crippen LogP contribution is -2.39. The Morgan fingerprint density at radius 1 is 1.50 bits per heavy atom. The van der Waals surface area contributed by atoms with Gasteiger partial charge in [0.1, 0.15) is 0 Å². The van der Waals surface area contributed by atoms with Crippen molar-refractivity contribution >= 4 is 17.1 Å². The molecule has 1 aromatic rings. The van der Waals surface area contributed by atoms with Crippen LogP contribution in [0.3, 0.4) is 0 Å². The van der Waals surface area contributed by atoms with Gasteiger partial charge in [0.05, 0.1) is 13.2 Å². The summed E-state index contributed by atoms with van der Waals surface area (Å²) in [5.74, 6) is 0.210. The van der Waals surface area contributed by atoms with E-state index in [-0.39, 0.29) is 11.8 Å². The number of aryl methyl sites for hydroxylation is 2. The zero-order valence-electron chi connectivity index (χ0n) is 11.9. The lowest BCUT2D eigenvalue weighted by Gasteiger charge is -2.26. The van der Waals surface area contributed by atoms with Crippen molar-refractivity contribution in [2.75, 3.05) is 26.8 Å². The van der Waals surface area contributed by atoms with Gasteiger partial charge in [0, 0.05) is 28.5 Å². The highest BCUT2D eigenvalue weighted by Gasteiger charge is 2.18. The molecule has 4 heteroatoms. The van der Waals surface area contributed by atoms with E-state index in [1.165, 1.54) is 4.88 Å². The van der Waals surface area contributed by atoms with Crippen LogP contribution in [-0.4, -0.2) is 43.5 Å². The van der Waals surface area contributed by atoms with Gasteiger partial charge in [-0.2, -0.15) is 0 Å². The van der Waals surface area contributed by atoms with Gasteiger partial charge in [0.15, 0.2) is 5.78 Å². The third-order valence-electron chi connectivity index (χ3n) is 3.13. The van der Waals surface area contributed by atoms with Gasteiger partial charge in [-0.3, -0.25) is 9.69 Å². The summed E-state index contributed by atoms with van der Waals surface area (Å²) in [4.78, 5) is 16.7. The number of Topliss-reactive ketones (excluding diaryl/α,β-unsaturated/α-hetero) is 1. The molecule has 0 spiro atoms. The SMILES string of the molecule is CCN(CC(=O)c1cc(C)sc1C)C(C)COC. The number of methoxy groups -OCH3 is 1. The van der Waals surface area contributed by atoms with Crippen molar-refractivity contribution in [1.29, 1.82) is 0 Å². The number of thiophene rings is 1. The fourth-order valence-corrected chi connectivity index (χ4v) is 3.05. The van der Waals surface area contributed by atoms with E-state index in [1.807, 2.05) is 19.9 Å². The smallest absolute Gasteiger partial charge is 0.177 e. The first-order valence-corrected chi connectivity index (χ1v) is 7.14. The Kier molecular flexibility index (Phi) is 5.99. The Balaban J connectivity index is 2.70. The first-order valence-electron chi connectivity index (χ1n) is 6.32. The second kappa shape index (κ2) is 7.02. The number of ketones is 1. The number of nitrogens with zero attached hydrogens (tertiary/aromatic N) is 1. The summed E-state index contributed by atoms with van der Waals surface area (Å²) < 4.78 is 5.15. The molecule has 0 amide bonds. The number of rotatable bonds is 7. The highest BCUT2D eigenvalue weighted by atomic mass is 32.1. The lowest BCUT2D eigenvalue weighted by atomic mass is 10.1. The Morgan fingerprint density at radius 2 is 2.17 bits per heavy atom. The molecule has 0 aliphatic rings. The van der Waals surface area contributed by atoms with Crippen LogP contribution in [0, 0.1) is 13.8 Å². The second-order valence-electron chi connectivity index (χ2n) is 4.62. The lowest BCUT2D eigenvalue weighted by molar-refractivity contribution is 0.0788. The van der Waals surface area contributed by atoms with E-state index in [2.05, 4.69) is 18.7 Å². The van der Waals surface area contributed by atoms with Crippen LogP contribution in [0.1, 0.15) is 34.0 Å². The molecule has 0 aliphatic heterocycles. The monoisotopic (exact) mass is 269 g/mol. The first kappa shape index (κ1) is 15.3. The van der Waals surface area contributed by atoms with Gasteiger partial charge >= 0.3 is 0 Å². The normalized spacial score (nSPS) is 13.0. The molecule has 1 rings (SSSR count). The molecule has 0 bridgehead atoms. The van der Waals surface area contributed by atoms with Crippen LogP contribution in [0.4, 0.5) is 0 Å². The summed E-state index contributed by atoms with van der Waals surface area (Å²) in [6, 6.07) is 2.26. The van der Waals surface area contributed by atoms with Gasteiger partial charge in [0.25, 0.3) is 0 Å². The number of carbonyl (C=O) groups excluding carboxylic acids is 1. The zero-order chi connectivity index (χ0) is 13.7. The van der Waals surface area contributed by atoms with Crippen LogP contribution in [-0.2, 0) is 4.74 Å². The third-order valence-corrected chi connectivity index (χ3v) is 4.09. The number of likely N-dealkylation sites (N-methyl/N-ethyl adjacent to an activating group) is 1. The summed E-state index contributed by atoms with van der Waals surface area (Å²) in [7, 11) is 1.69. The zero-order valence-corrected chi connectivity index (χ0v) is 12.8.